The van der Waals surface area contributed by atoms with Crippen LogP contribution in [-0.4, -0.2) is 65.6 Å². The molecule has 0 atom stereocenters. The zero-order valence-corrected chi connectivity index (χ0v) is 19.3. The minimum Gasteiger partial charge on any atom is -0.473 e. The number of aliphatic hydroxyl groups is 1. The molecule has 0 radical (unpaired) electrons. The van der Waals surface area contributed by atoms with Crippen molar-refractivity contribution in [3.8, 4) is 5.19 Å². The zero-order chi connectivity index (χ0) is 22.7. The second-order valence-corrected chi connectivity index (χ2v) is 9.72. The first kappa shape index (κ1) is 22.7. The number of nitrogens with zero attached hydrogens (tertiary/aromatic N) is 2. The summed E-state index contributed by atoms with van der Waals surface area (Å²) in [6.45, 7) is 3.50. The van der Waals surface area contributed by atoms with E-state index in [1.54, 1.807) is 25.4 Å². The molecule has 1 saturated carbocycles. The maximum Gasteiger partial charge on any atom is 0.273 e. The van der Waals surface area contributed by atoms with Gasteiger partial charge in [0.25, 0.3) is 11.1 Å². The Morgan fingerprint density at radius 1 is 1.31 bits per heavy atom. The van der Waals surface area contributed by atoms with E-state index in [9.17, 15) is 14.7 Å². The molecule has 2 amide bonds. The lowest BCUT2D eigenvalue weighted by atomic mass is 9.80. The van der Waals surface area contributed by atoms with E-state index in [0.29, 0.717) is 29.6 Å². The first-order valence-electron chi connectivity index (χ1n) is 11.0. The van der Waals surface area contributed by atoms with E-state index in [4.69, 9.17) is 4.74 Å². The van der Waals surface area contributed by atoms with Crippen LogP contribution in [0.4, 0.5) is 0 Å². The van der Waals surface area contributed by atoms with Gasteiger partial charge in [0.1, 0.15) is 5.60 Å². The molecule has 2 aromatic rings. The van der Waals surface area contributed by atoms with Gasteiger partial charge in [0.15, 0.2) is 0 Å². The number of likely N-dealkylation sites (tertiary alicyclic amines) is 1. The van der Waals surface area contributed by atoms with E-state index in [1.807, 2.05) is 19.1 Å². The van der Waals surface area contributed by atoms with Gasteiger partial charge in [-0.1, -0.05) is 29.0 Å². The molecule has 0 bridgehead atoms. The van der Waals surface area contributed by atoms with Gasteiger partial charge in [-0.05, 0) is 44.7 Å². The molecule has 4 rings (SSSR count). The van der Waals surface area contributed by atoms with Crippen molar-refractivity contribution in [3.05, 3.63) is 46.5 Å². The highest BCUT2D eigenvalue weighted by Gasteiger charge is 2.41. The van der Waals surface area contributed by atoms with Gasteiger partial charge in [0, 0.05) is 30.9 Å². The summed E-state index contributed by atoms with van der Waals surface area (Å²) in [6, 6.07) is 7.81. The fourth-order valence-corrected chi connectivity index (χ4v) is 5.37. The number of aromatic nitrogens is 1. The predicted octanol–water partition coefficient (Wildman–Crippen LogP) is 1.82. The molecular formula is C23H30N4O4S. The second kappa shape index (κ2) is 9.56. The second-order valence-electron chi connectivity index (χ2n) is 8.73. The summed E-state index contributed by atoms with van der Waals surface area (Å²) in [4.78, 5) is 31.8. The molecule has 0 unspecified atom stereocenters. The van der Waals surface area contributed by atoms with Gasteiger partial charge in [-0.25, -0.2) is 4.98 Å². The predicted molar refractivity (Wildman–Crippen MR) is 122 cm³/mol. The summed E-state index contributed by atoms with van der Waals surface area (Å²) in [6.07, 6.45) is 4.92. The average Bonchev–Trinajstić information content (AvgIpc) is 3.25. The van der Waals surface area contributed by atoms with Gasteiger partial charge in [0.05, 0.1) is 24.6 Å². The summed E-state index contributed by atoms with van der Waals surface area (Å²) in [5.74, 6) is -0.417. The topological polar surface area (TPSA) is 104 Å². The third-order valence-corrected chi connectivity index (χ3v) is 7.53. The van der Waals surface area contributed by atoms with Crippen LogP contribution in [0.25, 0.3) is 0 Å². The molecule has 1 aliphatic heterocycles. The molecule has 32 heavy (non-hydrogen) atoms. The number of hydrogen-bond donors (Lipinski definition) is 3. The van der Waals surface area contributed by atoms with Crippen LogP contribution in [-0.2, 0) is 10.4 Å². The van der Waals surface area contributed by atoms with Crippen molar-refractivity contribution in [2.75, 3.05) is 26.7 Å². The first-order valence-corrected chi connectivity index (χ1v) is 11.8. The first-order chi connectivity index (χ1) is 15.4. The van der Waals surface area contributed by atoms with Crippen molar-refractivity contribution >= 4 is 23.2 Å². The number of aryl methyl sites for hydroxylation is 1. The minimum atomic E-state index is -0.821. The Morgan fingerprint density at radius 3 is 2.72 bits per heavy atom. The number of rotatable bonds is 7. The van der Waals surface area contributed by atoms with Crippen molar-refractivity contribution in [1.82, 2.24) is 20.5 Å². The number of methoxy groups -OCH3 is 1. The summed E-state index contributed by atoms with van der Waals surface area (Å²) >= 11 is 1.41. The third-order valence-electron chi connectivity index (χ3n) is 6.38. The molecular weight excluding hydrogens is 428 g/mol. The lowest BCUT2D eigenvalue weighted by Gasteiger charge is -2.48. The third kappa shape index (κ3) is 5.11. The van der Waals surface area contributed by atoms with Crippen LogP contribution in [0.1, 0.15) is 46.5 Å². The Morgan fingerprint density at radius 2 is 2.06 bits per heavy atom. The molecule has 2 fully saturated rings. The van der Waals surface area contributed by atoms with E-state index < -0.39 is 5.60 Å². The van der Waals surface area contributed by atoms with Crippen molar-refractivity contribution in [2.24, 2.45) is 0 Å². The van der Waals surface area contributed by atoms with E-state index in [0.717, 1.165) is 36.4 Å². The van der Waals surface area contributed by atoms with Crippen molar-refractivity contribution in [3.63, 3.8) is 0 Å². The quantitative estimate of drug-likeness (QED) is 0.585. The standard InChI is InChI=1S/C23H30N4O4S/c1-15-4-3-5-16(10-15)21(29)24-12-20(28)26-17-13-27(14-17)18-6-8-23(30,9-7-18)19-11-25-22(31-2)32-19/h3-5,10-11,17-18,30H,6-9,12-14H2,1-2H3,(H,24,29)(H,26,28)/t18-,23-. The van der Waals surface area contributed by atoms with Crippen LogP contribution < -0.4 is 15.4 Å². The summed E-state index contributed by atoms with van der Waals surface area (Å²) in [7, 11) is 1.58. The number of hydrogen-bond acceptors (Lipinski definition) is 7. The van der Waals surface area contributed by atoms with Crippen LogP contribution in [0.5, 0.6) is 5.19 Å². The lowest BCUT2D eigenvalue weighted by Crippen LogP contribution is -2.63. The highest BCUT2D eigenvalue weighted by Crippen LogP contribution is 2.42. The molecule has 1 saturated heterocycles. The summed E-state index contributed by atoms with van der Waals surface area (Å²) < 4.78 is 5.15. The van der Waals surface area contributed by atoms with Crippen molar-refractivity contribution < 1.29 is 19.4 Å². The minimum absolute atomic E-state index is 0.0297. The molecule has 8 nitrogen and oxygen atoms in total. The molecule has 172 valence electrons. The molecule has 2 heterocycles. The highest BCUT2D eigenvalue weighted by molar-refractivity contribution is 7.13. The molecule has 1 aromatic carbocycles. The Bertz CT molecular complexity index is 964. The molecule has 3 N–H and O–H groups in total. The fourth-order valence-electron chi connectivity index (χ4n) is 4.49. The number of benzene rings is 1. The SMILES string of the molecule is COc1ncc([C@]2(O)CC[C@H](N3CC(NC(=O)CNC(=O)c4cccc(C)c4)C3)CC2)s1. The van der Waals surface area contributed by atoms with Gasteiger partial charge in [-0.3, -0.25) is 14.5 Å². The number of carbonyl (C=O) groups is 2. The Kier molecular flexibility index (Phi) is 6.78. The number of nitrogens with one attached hydrogen (secondary N) is 2. The Balaban J connectivity index is 1.16. The molecule has 1 aliphatic carbocycles. The average molecular weight is 459 g/mol. The molecule has 2 aliphatic rings. The Hall–Kier alpha value is -2.49. The lowest BCUT2D eigenvalue weighted by molar-refractivity contribution is -0.122. The maximum atomic E-state index is 12.2. The fraction of sp³-hybridized carbons (Fsp3) is 0.522. The van der Waals surface area contributed by atoms with Gasteiger partial charge in [-0.2, -0.15) is 0 Å². The molecule has 9 heteroatoms. The van der Waals surface area contributed by atoms with Crippen LogP contribution in [0, 0.1) is 6.92 Å². The van der Waals surface area contributed by atoms with Gasteiger partial charge < -0.3 is 20.5 Å². The normalized spacial score (nSPS) is 23.9. The highest BCUT2D eigenvalue weighted by atomic mass is 32.1. The van der Waals surface area contributed by atoms with Gasteiger partial charge in [-0.15, -0.1) is 0 Å². The van der Waals surface area contributed by atoms with Crippen molar-refractivity contribution in [1.29, 1.82) is 0 Å². The number of amides is 2. The molecule has 0 spiro atoms. The largest absolute Gasteiger partial charge is 0.473 e. The summed E-state index contributed by atoms with van der Waals surface area (Å²) in [5, 5.41) is 17.3. The van der Waals surface area contributed by atoms with Crippen LogP contribution >= 0.6 is 11.3 Å². The van der Waals surface area contributed by atoms with Crippen molar-refractivity contribution in [2.45, 2.75) is 50.3 Å². The molecule has 1 aromatic heterocycles. The summed E-state index contributed by atoms with van der Waals surface area (Å²) in [5.41, 5.74) is 0.741. The number of ether oxygens (including phenoxy) is 1. The number of carbonyl (C=O) groups excluding carboxylic acids is 2. The Labute approximate surface area is 192 Å². The van der Waals surface area contributed by atoms with Crippen LogP contribution in [0.3, 0.4) is 0 Å². The zero-order valence-electron chi connectivity index (χ0n) is 18.5. The van der Waals surface area contributed by atoms with Crippen LogP contribution in [0.2, 0.25) is 0 Å². The van der Waals surface area contributed by atoms with Gasteiger partial charge in [0.2, 0.25) is 5.91 Å². The van der Waals surface area contributed by atoms with E-state index >= 15 is 0 Å². The van der Waals surface area contributed by atoms with E-state index in [2.05, 4.69) is 20.5 Å². The number of thiazole rings is 1. The smallest absolute Gasteiger partial charge is 0.273 e. The van der Waals surface area contributed by atoms with Crippen LogP contribution in [0.15, 0.2) is 30.5 Å². The van der Waals surface area contributed by atoms with Gasteiger partial charge >= 0.3 is 0 Å². The van der Waals surface area contributed by atoms with E-state index in [1.165, 1.54) is 11.3 Å². The maximum absolute atomic E-state index is 12.2. The monoisotopic (exact) mass is 458 g/mol. The van der Waals surface area contributed by atoms with E-state index in [-0.39, 0.29) is 24.4 Å².